The van der Waals surface area contributed by atoms with Crippen molar-refractivity contribution in [3.63, 3.8) is 0 Å². The minimum Gasteiger partial charge on any atom is -0.480 e. The minimum atomic E-state index is -1.69. The third-order valence-corrected chi connectivity index (χ3v) is 12.5. The zero-order valence-corrected chi connectivity index (χ0v) is 41.6. The quantitative estimate of drug-likeness (QED) is 0.0355. The lowest BCUT2D eigenvalue weighted by atomic mass is 10.0. The number of carboxylic acid groups (broad SMARTS) is 1. The maximum absolute atomic E-state index is 14.7. The number of hydrogen-bond acceptors (Lipinski definition) is 12. The van der Waals surface area contributed by atoms with Crippen molar-refractivity contribution in [3.05, 3.63) is 90.1 Å². The van der Waals surface area contributed by atoms with E-state index in [1.54, 1.807) is 48.8 Å². The van der Waals surface area contributed by atoms with E-state index in [2.05, 4.69) is 62.8 Å². The average molecular weight is 1030 g/mol. The van der Waals surface area contributed by atoms with Gasteiger partial charge in [0.05, 0.1) is 24.1 Å². The molecule has 1 aliphatic heterocycles. The Hall–Kier alpha value is -7.86. The summed E-state index contributed by atoms with van der Waals surface area (Å²) in [4.78, 5) is 120. The van der Waals surface area contributed by atoms with Gasteiger partial charge in [-0.25, -0.2) is 9.78 Å². The van der Waals surface area contributed by atoms with Crippen molar-refractivity contribution in [3.8, 4) is 0 Å². The van der Waals surface area contributed by atoms with E-state index in [4.69, 9.17) is 11.1 Å². The number of guanidine groups is 1. The van der Waals surface area contributed by atoms with Crippen LogP contribution >= 0.6 is 0 Å². The molecule has 24 heteroatoms. The topological polar surface area (TPSA) is 380 Å². The number of aromatic amines is 2. The second-order valence-corrected chi connectivity index (χ2v) is 18.3. The molecule has 5 rings (SSSR count). The van der Waals surface area contributed by atoms with Gasteiger partial charge in [0, 0.05) is 62.6 Å². The van der Waals surface area contributed by atoms with Crippen LogP contribution in [-0.2, 0) is 57.6 Å². The normalized spacial score (nSPS) is 22.4. The second-order valence-electron chi connectivity index (χ2n) is 18.3. The Kier molecular flexibility index (Phi) is 22.4. The van der Waals surface area contributed by atoms with Gasteiger partial charge in [0.25, 0.3) is 0 Å². The molecule has 2 aromatic heterocycles. The number of carboxylic acids is 1. The highest BCUT2D eigenvalue weighted by molar-refractivity contribution is 5.95. The van der Waals surface area contributed by atoms with Gasteiger partial charge >= 0.3 is 5.97 Å². The number of fused-ring (bicyclic) bond motifs is 1. The molecule has 0 radical (unpaired) electrons. The number of imidazole rings is 1. The van der Waals surface area contributed by atoms with Crippen molar-refractivity contribution in [1.82, 2.24) is 62.8 Å². The fraction of sp³-hybridized carbons (Fsp3) is 0.480. The predicted molar refractivity (Wildman–Crippen MR) is 272 cm³/mol. The van der Waals surface area contributed by atoms with Gasteiger partial charge in [0.2, 0.25) is 41.4 Å². The van der Waals surface area contributed by atoms with Gasteiger partial charge in [0.1, 0.15) is 36.4 Å². The van der Waals surface area contributed by atoms with Crippen LogP contribution in [0.4, 0.5) is 0 Å². The van der Waals surface area contributed by atoms with Crippen molar-refractivity contribution in [1.29, 1.82) is 5.41 Å². The number of rotatable bonds is 17. The van der Waals surface area contributed by atoms with Gasteiger partial charge in [-0.05, 0) is 62.1 Å². The number of H-pyrrole nitrogens is 2. The lowest BCUT2D eigenvalue weighted by Gasteiger charge is -2.31. The number of aromatic nitrogens is 3. The third kappa shape index (κ3) is 18.3. The molecular weight excluding hydrogens is 957 g/mol. The minimum absolute atomic E-state index is 0.0184. The Labute approximate surface area is 428 Å². The van der Waals surface area contributed by atoms with E-state index < -0.39 is 95.8 Å². The van der Waals surface area contributed by atoms with Gasteiger partial charge < -0.3 is 68.4 Å². The smallest absolute Gasteiger partial charge is 0.326 e. The largest absolute Gasteiger partial charge is 0.480 e. The number of nitrogens with zero attached hydrogens (tertiary/aromatic N) is 1. The first-order valence-electron chi connectivity index (χ1n) is 24.9. The molecule has 0 aliphatic carbocycles. The predicted octanol–water partition coefficient (Wildman–Crippen LogP) is -0.648. The summed E-state index contributed by atoms with van der Waals surface area (Å²) >= 11 is 0. The number of carbonyl (C=O) groups excluding carboxylic acids is 7. The van der Waals surface area contributed by atoms with Crippen molar-refractivity contribution < 1.29 is 48.6 Å². The lowest BCUT2D eigenvalue weighted by molar-refractivity contribution is -0.142. The summed E-state index contributed by atoms with van der Waals surface area (Å²) in [6, 6.07) is 6.93. The Balaban J connectivity index is 1.54. The summed E-state index contributed by atoms with van der Waals surface area (Å²) in [6.45, 7) is 3.29. The highest BCUT2D eigenvalue weighted by Gasteiger charge is 2.35. The van der Waals surface area contributed by atoms with Crippen LogP contribution in [0.3, 0.4) is 0 Å². The second kappa shape index (κ2) is 29.0. The summed E-state index contributed by atoms with van der Waals surface area (Å²) in [5.41, 5.74) is 7.94. The molecule has 1 fully saturated rings. The average Bonchev–Trinajstić information content (AvgIpc) is 4.04. The molecule has 24 nitrogen and oxygen atoms in total. The maximum atomic E-state index is 14.7. The standard InChI is InChI=1S/C50H70N14O10/c1-3-4-15-35(58-29(2)65)43(67)59-36-17-10-21-54-42(66)20-19-38(49(73)74)61-47(71)40(24-31-26-56-34-16-9-8-14-33(31)34)63-44(68)37(18-11-22-55-50(51)52)60-46(70)39(23-30-12-6-5-7-13-30)62-48(72)41(64-45(36)69)25-32-27-53-28-57-32/h5-9,12-14,16,26-28,35-41,48,56,62,72H,3-4,10-11,15,17-25H2,1-2H3,(H,53,57)(H,54,66)(H,58,65)(H,59,67)(H,60,70)(H,61,71)(H,63,68)(H,64,69)(H,73,74)(H4,51,52,55)/t35-,36-,37-,38-,39+,40-,41-,48?/m0/s1. The molecule has 1 unspecified atom stereocenters. The van der Waals surface area contributed by atoms with Crippen LogP contribution in [0, 0.1) is 5.41 Å². The van der Waals surface area contributed by atoms with Gasteiger partial charge in [0.15, 0.2) is 5.96 Å². The van der Waals surface area contributed by atoms with Gasteiger partial charge in [-0.1, -0.05) is 68.3 Å². The first kappa shape index (κ1) is 57.0. The van der Waals surface area contributed by atoms with Crippen LogP contribution in [-0.4, -0.2) is 140 Å². The Morgan fingerprint density at radius 3 is 2.27 bits per heavy atom. The number of aliphatic carboxylic acids is 1. The first-order chi connectivity index (χ1) is 35.5. The zero-order chi connectivity index (χ0) is 53.6. The number of nitrogens with one attached hydrogen (secondary N) is 12. The highest BCUT2D eigenvalue weighted by atomic mass is 16.4. The van der Waals surface area contributed by atoms with Crippen LogP contribution in [0.2, 0.25) is 0 Å². The fourth-order valence-corrected chi connectivity index (χ4v) is 8.52. The number of amides is 7. The molecule has 4 aromatic rings. The van der Waals surface area contributed by atoms with Gasteiger partial charge in [-0.15, -0.1) is 0 Å². The Bertz CT molecular complexity index is 2520. The van der Waals surface area contributed by atoms with Crippen LogP contribution in [0.1, 0.15) is 88.5 Å². The Morgan fingerprint density at radius 1 is 0.851 bits per heavy atom. The van der Waals surface area contributed by atoms with E-state index in [0.29, 0.717) is 29.7 Å². The first-order valence-corrected chi connectivity index (χ1v) is 24.9. The molecule has 0 saturated carbocycles. The molecule has 400 valence electrons. The van der Waals surface area contributed by atoms with E-state index in [9.17, 15) is 48.6 Å². The molecular formula is C50H70N14O10. The highest BCUT2D eigenvalue weighted by Crippen LogP contribution is 2.20. The lowest BCUT2D eigenvalue weighted by Crippen LogP contribution is -2.62. The molecule has 2 aromatic carbocycles. The molecule has 0 bridgehead atoms. The summed E-state index contributed by atoms with van der Waals surface area (Å²) in [5, 5.41) is 55.3. The SMILES string of the molecule is CCCC[C@H](NC(C)=O)C(=O)N[C@H]1CCCNC(=O)CC[C@@H](C(=O)O)NC(=O)[C@H](Cc2c[nH]c3ccccc23)NC(=O)[C@H](CCCNC(=N)N)NC(=O)[C@@H](Cc2ccccc2)NC(O)[C@H](Cc2c[nH]cn2)NC1=O. The van der Waals surface area contributed by atoms with Crippen molar-refractivity contribution in [2.75, 3.05) is 13.1 Å². The van der Waals surface area contributed by atoms with Crippen LogP contribution < -0.4 is 53.6 Å². The molecule has 0 spiro atoms. The van der Waals surface area contributed by atoms with Crippen LogP contribution in [0.15, 0.2) is 73.3 Å². The molecule has 7 amide bonds. The summed E-state index contributed by atoms with van der Waals surface area (Å²) < 4.78 is 0. The number of hydrogen-bond donors (Lipinski definition) is 15. The summed E-state index contributed by atoms with van der Waals surface area (Å²) in [6.07, 6.45) is 3.77. The molecule has 8 atom stereocenters. The molecule has 1 aliphatic rings. The molecule has 1 saturated heterocycles. The van der Waals surface area contributed by atoms with Crippen molar-refractivity contribution in [2.45, 2.75) is 139 Å². The monoisotopic (exact) mass is 1030 g/mol. The van der Waals surface area contributed by atoms with E-state index in [-0.39, 0.29) is 83.3 Å². The van der Waals surface area contributed by atoms with Crippen molar-refractivity contribution >= 4 is 64.2 Å². The maximum Gasteiger partial charge on any atom is 0.326 e. The zero-order valence-electron chi connectivity index (χ0n) is 41.6. The summed E-state index contributed by atoms with van der Waals surface area (Å²) in [7, 11) is 0. The van der Waals surface area contributed by atoms with Crippen molar-refractivity contribution in [2.24, 2.45) is 5.73 Å². The van der Waals surface area contributed by atoms with Crippen LogP contribution in [0.5, 0.6) is 0 Å². The van der Waals surface area contributed by atoms with Gasteiger partial charge in [-0.3, -0.25) is 44.3 Å². The van der Waals surface area contributed by atoms with Gasteiger partial charge in [-0.2, -0.15) is 0 Å². The number of aliphatic hydroxyl groups is 1. The summed E-state index contributed by atoms with van der Waals surface area (Å²) in [5.74, 6) is -6.65. The number of unbranched alkanes of at least 4 members (excludes halogenated alkanes) is 1. The number of nitrogens with two attached hydrogens (primary N) is 1. The molecule has 16 N–H and O–H groups in total. The van der Waals surface area contributed by atoms with Crippen LogP contribution in [0.25, 0.3) is 10.9 Å². The molecule has 74 heavy (non-hydrogen) atoms. The van der Waals surface area contributed by atoms with E-state index in [1.807, 2.05) is 25.1 Å². The van der Waals surface area contributed by atoms with E-state index in [1.165, 1.54) is 13.3 Å². The Morgan fingerprint density at radius 2 is 1.57 bits per heavy atom. The number of benzene rings is 2. The molecule has 3 heterocycles. The third-order valence-electron chi connectivity index (χ3n) is 12.5. The van der Waals surface area contributed by atoms with E-state index in [0.717, 1.165) is 10.9 Å². The van der Waals surface area contributed by atoms with E-state index >= 15 is 0 Å². The fourth-order valence-electron chi connectivity index (χ4n) is 8.52. The number of aliphatic hydroxyl groups excluding tert-OH is 1. The number of carbonyl (C=O) groups is 8. The number of para-hydroxylation sites is 1.